The molecule has 0 saturated heterocycles. The van der Waals surface area contributed by atoms with Crippen molar-refractivity contribution >= 4 is 34.0 Å². The first-order chi connectivity index (χ1) is 19.8. The fourth-order valence-electron chi connectivity index (χ4n) is 5.24. The molecule has 0 saturated carbocycles. The molecule has 0 spiro atoms. The summed E-state index contributed by atoms with van der Waals surface area (Å²) in [6, 6.07) is 15.3. The molecule has 0 amide bonds. The quantitative estimate of drug-likeness (QED) is 0.175. The molecule has 41 heavy (non-hydrogen) atoms. The van der Waals surface area contributed by atoms with E-state index in [-0.39, 0.29) is 0 Å². The molecular formula is C37H47N2O2+. The van der Waals surface area contributed by atoms with Gasteiger partial charge in [-0.15, -0.1) is 0 Å². The third kappa shape index (κ3) is 6.93. The predicted molar refractivity (Wildman–Crippen MR) is 178 cm³/mol. The Hall–Kier alpha value is -3.79. The molecule has 0 N–H and O–H groups in total. The molecule has 2 aromatic carbocycles. The van der Waals surface area contributed by atoms with Crippen LogP contribution in [-0.2, 0) is 0 Å². The molecule has 0 unspecified atom stereocenters. The third-order valence-corrected chi connectivity index (χ3v) is 7.77. The third-order valence-electron chi connectivity index (χ3n) is 7.77. The van der Waals surface area contributed by atoms with Gasteiger partial charge in [0.05, 0.1) is 17.4 Å². The minimum absolute atomic E-state index is 0.307. The first kappa shape index (κ1) is 30.2. The number of hydrogen-bond donors (Lipinski definition) is 0. The minimum atomic E-state index is 0.307. The topological polar surface area (TPSA) is 27.0 Å². The average Bonchev–Trinajstić information content (AvgIpc) is 2.97. The van der Waals surface area contributed by atoms with Crippen LogP contribution in [-0.4, -0.2) is 26.2 Å². The van der Waals surface area contributed by atoms with Gasteiger partial charge in [-0.2, -0.15) is 0 Å². The van der Waals surface area contributed by atoms with Crippen molar-refractivity contribution in [3.63, 3.8) is 0 Å². The summed E-state index contributed by atoms with van der Waals surface area (Å²) in [6.45, 7) is 21.3. The van der Waals surface area contributed by atoms with Crippen molar-refractivity contribution in [2.24, 2.45) is 5.92 Å². The average molecular weight is 552 g/mol. The number of hydrogen-bond acceptors (Lipinski definition) is 3. The SMILES string of the molecule is CCN(CC)c1ccc2c(c1)OC(C(C)C)=C\C2=C/C=C/C=C/c1cc(C(C)C)[o+]c2cc(N(CC)CC)ccc12. The number of fused-ring (bicyclic) bond motifs is 2. The molecule has 216 valence electrons. The van der Waals surface area contributed by atoms with Crippen LogP contribution in [0.15, 0.2) is 83.0 Å². The van der Waals surface area contributed by atoms with Gasteiger partial charge < -0.3 is 14.5 Å². The van der Waals surface area contributed by atoms with Crippen LogP contribution < -0.4 is 14.5 Å². The van der Waals surface area contributed by atoms with E-state index in [2.05, 4.69) is 144 Å². The van der Waals surface area contributed by atoms with E-state index in [1.54, 1.807) is 0 Å². The van der Waals surface area contributed by atoms with E-state index in [0.29, 0.717) is 11.8 Å². The predicted octanol–water partition coefficient (Wildman–Crippen LogP) is 10.1. The van der Waals surface area contributed by atoms with E-state index in [1.165, 1.54) is 22.5 Å². The van der Waals surface area contributed by atoms with E-state index in [4.69, 9.17) is 9.15 Å². The Labute approximate surface area is 247 Å². The van der Waals surface area contributed by atoms with Gasteiger partial charge in [-0.3, -0.25) is 0 Å². The van der Waals surface area contributed by atoms with Crippen LogP contribution in [0, 0.1) is 5.92 Å². The summed E-state index contributed by atoms with van der Waals surface area (Å²) in [5, 5.41) is 1.13. The molecule has 1 aromatic heterocycles. The molecule has 0 atom stereocenters. The fourth-order valence-corrected chi connectivity index (χ4v) is 5.24. The van der Waals surface area contributed by atoms with E-state index < -0.39 is 0 Å². The normalized spacial score (nSPS) is 14.4. The van der Waals surface area contributed by atoms with Crippen molar-refractivity contribution < 1.29 is 9.15 Å². The van der Waals surface area contributed by atoms with Crippen LogP contribution in [0.1, 0.15) is 78.2 Å². The van der Waals surface area contributed by atoms with Gasteiger partial charge in [-0.05, 0) is 63.6 Å². The van der Waals surface area contributed by atoms with E-state index in [1.807, 2.05) is 0 Å². The summed E-state index contributed by atoms with van der Waals surface area (Å²) in [4.78, 5) is 4.70. The number of allylic oxidation sites excluding steroid dienone is 7. The van der Waals surface area contributed by atoms with Crippen LogP contribution in [0.5, 0.6) is 5.75 Å². The zero-order valence-electron chi connectivity index (χ0n) is 26.2. The van der Waals surface area contributed by atoms with Gasteiger partial charge in [-0.1, -0.05) is 58.1 Å². The number of ether oxygens (including phenoxy) is 1. The number of rotatable bonds is 11. The highest BCUT2D eigenvalue weighted by atomic mass is 16.5. The first-order valence-electron chi connectivity index (χ1n) is 15.3. The lowest BCUT2D eigenvalue weighted by atomic mass is 9.97. The fraction of sp³-hybridized carbons (Fsp3) is 0.378. The van der Waals surface area contributed by atoms with Crippen LogP contribution in [0.2, 0.25) is 0 Å². The zero-order chi connectivity index (χ0) is 29.5. The standard InChI is InChI=1S/C37H47N2O2/c1-9-38(10-2)30-18-20-32-28(22-34(26(5)6)40-36(32)24-30)16-14-13-15-17-29-23-35(27(7)8)41-37-25-31(19-21-33(29)37)39(11-3)12-4/h13-27H,9-12H2,1-8H3/q+1. The summed E-state index contributed by atoms with van der Waals surface area (Å²) < 4.78 is 12.7. The minimum Gasteiger partial charge on any atom is -0.461 e. The molecule has 3 aromatic rings. The molecule has 1 aliphatic rings. The number of nitrogens with zero attached hydrogens (tertiary/aromatic N) is 2. The Balaban J connectivity index is 1.64. The Morgan fingerprint density at radius 3 is 2.05 bits per heavy atom. The summed E-state index contributed by atoms with van der Waals surface area (Å²) in [5.41, 5.74) is 6.79. The second-order valence-electron chi connectivity index (χ2n) is 11.1. The largest absolute Gasteiger partial charge is 0.461 e. The van der Waals surface area contributed by atoms with Gasteiger partial charge in [0.2, 0.25) is 0 Å². The van der Waals surface area contributed by atoms with Crippen molar-refractivity contribution in [2.45, 2.75) is 61.3 Å². The van der Waals surface area contributed by atoms with Gasteiger partial charge in [0.1, 0.15) is 11.5 Å². The van der Waals surface area contributed by atoms with Crippen LogP contribution in [0.3, 0.4) is 0 Å². The molecule has 4 rings (SSSR count). The van der Waals surface area contributed by atoms with Crippen LogP contribution in [0.25, 0.3) is 22.6 Å². The lowest BCUT2D eigenvalue weighted by molar-refractivity contribution is 0.364. The lowest BCUT2D eigenvalue weighted by Gasteiger charge is -2.26. The van der Waals surface area contributed by atoms with Gasteiger partial charge in [0.25, 0.3) is 0 Å². The van der Waals surface area contributed by atoms with Crippen LogP contribution >= 0.6 is 0 Å². The highest BCUT2D eigenvalue weighted by Gasteiger charge is 2.21. The monoisotopic (exact) mass is 551 g/mol. The molecule has 2 heterocycles. The Morgan fingerprint density at radius 2 is 1.41 bits per heavy atom. The van der Waals surface area contributed by atoms with E-state index in [9.17, 15) is 0 Å². The van der Waals surface area contributed by atoms with Crippen molar-refractivity contribution in [2.75, 3.05) is 36.0 Å². The molecule has 1 aliphatic heterocycles. The molecule has 4 heteroatoms. The summed E-state index contributed by atoms with van der Waals surface area (Å²) >= 11 is 0. The Morgan fingerprint density at radius 1 is 0.756 bits per heavy atom. The smallest absolute Gasteiger partial charge is 0.362 e. The second-order valence-corrected chi connectivity index (χ2v) is 11.1. The van der Waals surface area contributed by atoms with Crippen molar-refractivity contribution in [1.29, 1.82) is 0 Å². The summed E-state index contributed by atoms with van der Waals surface area (Å²) in [5.74, 6) is 3.53. The Bertz CT molecular complexity index is 1470. The molecule has 4 nitrogen and oxygen atoms in total. The van der Waals surface area contributed by atoms with Gasteiger partial charge in [-0.25, -0.2) is 4.42 Å². The van der Waals surface area contributed by atoms with Crippen molar-refractivity contribution in [1.82, 2.24) is 0 Å². The van der Waals surface area contributed by atoms with E-state index in [0.717, 1.165) is 60.0 Å². The maximum Gasteiger partial charge on any atom is 0.362 e. The first-order valence-corrected chi connectivity index (χ1v) is 15.3. The van der Waals surface area contributed by atoms with Gasteiger partial charge >= 0.3 is 11.3 Å². The summed E-state index contributed by atoms with van der Waals surface area (Å²) in [6.07, 6.45) is 12.9. The molecular weight excluding hydrogens is 504 g/mol. The van der Waals surface area contributed by atoms with E-state index >= 15 is 0 Å². The van der Waals surface area contributed by atoms with Crippen molar-refractivity contribution in [3.8, 4) is 5.75 Å². The Kier molecular flexibility index (Phi) is 10.1. The van der Waals surface area contributed by atoms with Gasteiger partial charge in [0, 0.05) is 66.7 Å². The number of anilines is 2. The molecule has 0 aliphatic carbocycles. The summed E-state index contributed by atoms with van der Waals surface area (Å²) in [7, 11) is 0. The maximum atomic E-state index is 6.34. The zero-order valence-corrected chi connectivity index (χ0v) is 26.2. The highest BCUT2D eigenvalue weighted by Crippen LogP contribution is 2.38. The van der Waals surface area contributed by atoms with Gasteiger partial charge in [0.15, 0.2) is 0 Å². The molecule has 0 fully saturated rings. The van der Waals surface area contributed by atoms with Crippen molar-refractivity contribution in [3.05, 3.63) is 95.5 Å². The van der Waals surface area contributed by atoms with Crippen LogP contribution in [0.4, 0.5) is 11.4 Å². The highest BCUT2D eigenvalue weighted by molar-refractivity contribution is 5.89. The maximum absolute atomic E-state index is 6.34. The lowest BCUT2D eigenvalue weighted by Crippen LogP contribution is -2.22. The molecule has 0 bridgehead atoms. The number of benzene rings is 2. The second kappa shape index (κ2) is 13.7. The molecule has 0 radical (unpaired) electrons.